The molecule has 2 atom stereocenters. The number of rotatable bonds is 7. The van der Waals surface area contributed by atoms with E-state index in [2.05, 4.69) is 0 Å². The smallest absolute Gasteiger partial charge is 0.295 e. The first-order chi connectivity index (χ1) is 17.9. The lowest BCUT2D eigenvalue weighted by Gasteiger charge is -2.26. The van der Waals surface area contributed by atoms with Crippen molar-refractivity contribution in [3.8, 4) is 17.2 Å². The van der Waals surface area contributed by atoms with E-state index < -0.39 is 17.7 Å². The predicted molar refractivity (Wildman–Crippen MR) is 139 cm³/mol. The van der Waals surface area contributed by atoms with Crippen molar-refractivity contribution in [1.29, 1.82) is 0 Å². The van der Waals surface area contributed by atoms with Gasteiger partial charge >= 0.3 is 0 Å². The molecule has 3 aromatic rings. The number of ether oxygens (including phenoxy) is 3. The van der Waals surface area contributed by atoms with E-state index in [0.29, 0.717) is 35.7 Å². The summed E-state index contributed by atoms with van der Waals surface area (Å²) >= 11 is 0. The molecule has 190 valence electrons. The Morgan fingerprint density at radius 2 is 1.84 bits per heavy atom. The van der Waals surface area contributed by atoms with Crippen LogP contribution in [0.5, 0.6) is 17.2 Å². The monoisotopic (exact) mass is 499 g/mol. The maximum atomic E-state index is 13.4. The molecular formula is C30H29NO6. The molecule has 7 nitrogen and oxygen atoms in total. The summed E-state index contributed by atoms with van der Waals surface area (Å²) in [4.78, 5) is 28.3. The normalized spacial score (nSPS) is 20.0. The maximum absolute atomic E-state index is 13.4. The lowest BCUT2D eigenvalue weighted by molar-refractivity contribution is -0.140. The number of aliphatic hydroxyl groups excluding tert-OH is 1. The Balaban J connectivity index is 1.64. The fraction of sp³-hybridized carbons (Fsp3) is 0.267. The van der Waals surface area contributed by atoms with Crippen LogP contribution >= 0.6 is 0 Å². The molecule has 0 radical (unpaired) electrons. The van der Waals surface area contributed by atoms with Crippen LogP contribution in [0.4, 0.5) is 0 Å². The molecule has 0 aromatic heterocycles. The lowest BCUT2D eigenvalue weighted by Crippen LogP contribution is -2.29. The Bertz CT molecular complexity index is 1380. The summed E-state index contributed by atoms with van der Waals surface area (Å²) in [5, 5.41) is 11.5. The first-order valence-corrected chi connectivity index (χ1v) is 12.3. The van der Waals surface area contributed by atoms with Crippen LogP contribution < -0.4 is 14.2 Å². The lowest BCUT2D eigenvalue weighted by atomic mass is 9.94. The van der Waals surface area contributed by atoms with E-state index in [9.17, 15) is 14.7 Å². The molecule has 1 fully saturated rings. The van der Waals surface area contributed by atoms with E-state index in [1.54, 1.807) is 30.3 Å². The average Bonchev–Trinajstić information content (AvgIpc) is 3.40. The second-order valence-electron chi connectivity index (χ2n) is 9.21. The van der Waals surface area contributed by atoms with Gasteiger partial charge in [0.2, 0.25) is 0 Å². The van der Waals surface area contributed by atoms with Crippen molar-refractivity contribution < 1.29 is 28.9 Å². The number of amides is 1. The number of carbonyl (C=O) groups is 2. The van der Waals surface area contributed by atoms with Gasteiger partial charge in [-0.05, 0) is 60.9 Å². The quantitative estimate of drug-likeness (QED) is 0.279. The van der Waals surface area contributed by atoms with Crippen LogP contribution in [-0.4, -0.2) is 41.5 Å². The third-order valence-corrected chi connectivity index (χ3v) is 6.71. The van der Waals surface area contributed by atoms with Crippen molar-refractivity contribution >= 4 is 17.4 Å². The molecule has 0 spiro atoms. The zero-order valence-electron chi connectivity index (χ0n) is 21.1. The molecule has 1 N–H and O–H groups in total. The first kappa shape index (κ1) is 24.4. The summed E-state index contributed by atoms with van der Waals surface area (Å²) in [7, 11) is 1.54. The number of benzene rings is 3. The maximum Gasteiger partial charge on any atom is 0.295 e. The number of aliphatic hydroxyl groups is 1. The highest BCUT2D eigenvalue weighted by atomic mass is 16.5. The van der Waals surface area contributed by atoms with Crippen LogP contribution in [0.3, 0.4) is 0 Å². The summed E-state index contributed by atoms with van der Waals surface area (Å²) in [6.45, 7) is 4.53. The van der Waals surface area contributed by atoms with E-state index in [0.717, 1.165) is 16.9 Å². The van der Waals surface area contributed by atoms with E-state index in [1.807, 2.05) is 50.2 Å². The molecule has 37 heavy (non-hydrogen) atoms. The van der Waals surface area contributed by atoms with E-state index in [-0.39, 0.29) is 24.0 Å². The number of ketones is 1. The SMILES string of the molecule is CCOc1ccc([C@@H]2C(=C(O)c3ccc4c(c3)C[C@@H](C)O4)C(=O)C(=O)N2Cc2ccccc2)cc1OC. The Morgan fingerprint density at radius 1 is 1.05 bits per heavy atom. The topological polar surface area (TPSA) is 85.3 Å². The second-order valence-corrected chi connectivity index (χ2v) is 9.21. The summed E-state index contributed by atoms with van der Waals surface area (Å²) in [5.41, 5.74) is 2.97. The number of hydrogen-bond donors (Lipinski definition) is 1. The fourth-order valence-electron chi connectivity index (χ4n) is 5.02. The summed E-state index contributed by atoms with van der Waals surface area (Å²) < 4.78 is 17.0. The average molecular weight is 500 g/mol. The molecule has 0 unspecified atom stereocenters. The number of hydrogen-bond acceptors (Lipinski definition) is 6. The van der Waals surface area contributed by atoms with Crippen LogP contribution in [0, 0.1) is 0 Å². The summed E-state index contributed by atoms with van der Waals surface area (Å²) in [6.07, 6.45) is 0.748. The number of carbonyl (C=O) groups excluding carboxylic acids is 2. The molecule has 0 aliphatic carbocycles. The molecule has 2 aliphatic heterocycles. The first-order valence-electron chi connectivity index (χ1n) is 12.3. The summed E-state index contributed by atoms with van der Waals surface area (Å²) in [6, 6.07) is 19.3. The van der Waals surface area contributed by atoms with Gasteiger partial charge < -0.3 is 24.2 Å². The van der Waals surface area contributed by atoms with Gasteiger partial charge in [-0.2, -0.15) is 0 Å². The van der Waals surface area contributed by atoms with Crippen LogP contribution in [-0.2, 0) is 22.6 Å². The van der Waals surface area contributed by atoms with Crippen LogP contribution in [0.25, 0.3) is 5.76 Å². The Labute approximate surface area is 215 Å². The largest absolute Gasteiger partial charge is 0.507 e. The number of nitrogens with zero attached hydrogens (tertiary/aromatic N) is 1. The molecular weight excluding hydrogens is 470 g/mol. The highest BCUT2D eigenvalue weighted by Gasteiger charge is 2.46. The number of likely N-dealkylation sites (tertiary alicyclic amines) is 1. The van der Waals surface area contributed by atoms with Gasteiger partial charge in [-0.25, -0.2) is 0 Å². The van der Waals surface area contributed by atoms with Crippen LogP contribution in [0.1, 0.15) is 42.1 Å². The van der Waals surface area contributed by atoms with Crippen molar-refractivity contribution in [2.45, 2.75) is 39.0 Å². The van der Waals surface area contributed by atoms with Crippen LogP contribution in [0.15, 0.2) is 72.3 Å². The van der Waals surface area contributed by atoms with Gasteiger partial charge in [0.05, 0.1) is 25.3 Å². The van der Waals surface area contributed by atoms with Gasteiger partial charge in [0.25, 0.3) is 11.7 Å². The molecule has 5 rings (SSSR count). The van der Waals surface area contributed by atoms with E-state index in [4.69, 9.17) is 14.2 Å². The molecule has 0 bridgehead atoms. The Hall–Kier alpha value is -4.26. The van der Waals surface area contributed by atoms with E-state index >= 15 is 0 Å². The van der Waals surface area contributed by atoms with Gasteiger partial charge in [0.15, 0.2) is 11.5 Å². The van der Waals surface area contributed by atoms with Gasteiger partial charge in [0, 0.05) is 18.5 Å². The molecule has 2 heterocycles. The van der Waals surface area contributed by atoms with Gasteiger partial charge in [-0.3, -0.25) is 9.59 Å². The molecule has 1 amide bonds. The summed E-state index contributed by atoms with van der Waals surface area (Å²) in [5.74, 6) is 0.197. The van der Waals surface area contributed by atoms with E-state index in [1.165, 1.54) is 12.0 Å². The zero-order chi connectivity index (χ0) is 26.1. The molecule has 7 heteroatoms. The second kappa shape index (κ2) is 10.0. The third kappa shape index (κ3) is 4.53. The standard InChI is InChI=1S/C30H29NO6/c1-4-36-24-13-10-20(16-25(24)35-3)27-26(28(32)21-11-12-23-22(15-21)14-18(2)37-23)29(33)30(34)31(27)17-19-8-6-5-7-9-19/h5-13,15-16,18,27,32H,4,14,17H2,1-3H3/t18-,27-/m1/s1. The van der Waals surface area contributed by atoms with Gasteiger partial charge in [-0.15, -0.1) is 0 Å². The van der Waals surface area contributed by atoms with Gasteiger partial charge in [0.1, 0.15) is 17.6 Å². The van der Waals surface area contributed by atoms with Crippen molar-refractivity contribution in [3.63, 3.8) is 0 Å². The highest BCUT2D eigenvalue weighted by molar-refractivity contribution is 6.46. The predicted octanol–water partition coefficient (Wildman–Crippen LogP) is 5.04. The third-order valence-electron chi connectivity index (χ3n) is 6.71. The Kier molecular flexibility index (Phi) is 6.61. The zero-order valence-corrected chi connectivity index (χ0v) is 21.1. The molecule has 1 saturated heterocycles. The fourth-order valence-corrected chi connectivity index (χ4v) is 5.02. The minimum absolute atomic E-state index is 0.0408. The number of fused-ring (bicyclic) bond motifs is 1. The number of methoxy groups -OCH3 is 1. The van der Waals surface area contributed by atoms with Gasteiger partial charge in [-0.1, -0.05) is 36.4 Å². The minimum Gasteiger partial charge on any atom is -0.507 e. The van der Waals surface area contributed by atoms with Crippen molar-refractivity contribution in [3.05, 3.63) is 94.6 Å². The minimum atomic E-state index is -0.812. The Morgan fingerprint density at radius 3 is 2.57 bits per heavy atom. The molecule has 2 aliphatic rings. The van der Waals surface area contributed by atoms with Crippen molar-refractivity contribution in [2.24, 2.45) is 0 Å². The molecule has 3 aromatic carbocycles. The van der Waals surface area contributed by atoms with Crippen molar-refractivity contribution in [1.82, 2.24) is 4.90 Å². The van der Waals surface area contributed by atoms with Crippen molar-refractivity contribution in [2.75, 3.05) is 13.7 Å². The van der Waals surface area contributed by atoms with Crippen LogP contribution in [0.2, 0.25) is 0 Å². The number of Topliss-reactive ketones (excluding diaryl/α,β-unsaturated/α-hetero) is 1. The molecule has 0 saturated carbocycles. The highest BCUT2D eigenvalue weighted by Crippen LogP contribution is 2.43.